The summed E-state index contributed by atoms with van der Waals surface area (Å²) >= 11 is 0. The molecule has 0 spiro atoms. The second-order valence-corrected chi connectivity index (χ2v) is 4.38. The van der Waals surface area contributed by atoms with Crippen molar-refractivity contribution in [3.05, 3.63) is 18.2 Å². The summed E-state index contributed by atoms with van der Waals surface area (Å²) in [5.74, 6) is 0.763. The van der Waals surface area contributed by atoms with Gasteiger partial charge in [-0.15, -0.1) is 0 Å². The zero-order valence-corrected chi connectivity index (χ0v) is 9.51. The molecule has 1 saturated carbocycles. The summed E-state index contributed by atoms with van der Waals surface area (Å²) in [5.41, 5.74) is 9.09. The fraction of sp³-hybridized carbons (Fsp3) is 0.455. The predicted octanol–water partition coefficient (Wildman–Crippen LogP) is 1.51. The van der Waals surface area contributed by atoms with Crippen molar-refractivity contribution in [2.24, 2.45) is 7.05 Å². The highest BCUT2D eigenvalue weighted by Gasteiger charge is 2.27. The summed E-state index contributed by atoms with van der Waals surface area (Å²) in [6.07, 6.45) is 6.10. The molecule has 2 heterocycles. The minimum atomic E-state index is 0.568. The Hall–Kier alpha value is -1.78. The lowest BCUT2D eigenvalue weighted by molar-refractivity contribution is 0.740. The average Bonchev–Trinajstić information content (AvgIpc) is 2.97. The van der Waals surface area contributed by atoms with Gasteiger partial charge in [0, 0.05) is 24.3 Å². The molecule has 0 amide bonds. The monoisotopic (exact) mass is 217 g/mol. The van der Waals surface area contributed by atoms with Crippen LogP contribution >= 0.6 is 0 Å². The highest BCUT2D eigenvalue weighted by molar-refractivity contribution is 5.71. The smallest absolute Gasteiger partial charge is 0.131 e. The molecule has 3 rings (SSSR count). The van der Waals surface area contributed by atoms with E-state index in [4.69, 9.17) is 5.73 Å². The highest BCUT2D eigenvalue weighted by atomic mass is 15.3. The van der Waals surface area contributed by atoms with Crippen molar-refractivity contribution in [3.8, 4) is 11.3 Å². The first-order chi connectivity index (χ1) is 7.68. The summed E-state index contributed by atoms with van der Waals surface area (Å²) in [5, 5.41) is 4.22. The van der Waals surface area contributed by atoms with Gasteiger partial charge < -0.3 is 10.3 Å². The number of hydrogen-bond acceptors (Lipinski definition) is 3. The lowest BCUT2D eigenvalue weighted by Gasteiger charge is -2.03. The van der Waals surface area contributed by atoms with Crippen LogP contribution in [0.5, 0.6) is 0 Å². The Bertz CT molecular complexity index is 533. The fourth-order valence-electron chi connectivity index (χ4n) is 1.95. The normalized spacial score (nSPS) is 15.6. The largest absolute Gasteiger partial charge is 0.383 e. The number of rotatable bonds is 2. The summed E-state index contributed by atoms with van der Waals surface area (Å²) < 4.78 is 3.91. The first kappa shape index (κ1) is 9.45. The summed E-state index contributed by atoms with van der Waals surface area (Å²) in [7, 11) is 1.92. The van der Waals surface area contributed by atoms with E-state index in [9.17, 15) is 0 Å². The van der Waals surface area contributed by atoms with Crippen LogP contribution in [-0.4, -0.2) is 19.3 Å². The van der Waals surface area contributed by atoms with E-state index in [0.717, 1.165) is 22.8 Å². The van der Waals surface area contributed by atoms with Crippen LogP contribution in [0.2, 0.25) is 0 Å². The fourth-order valence-corrected chi connectivity index (χ4v) is 1.95. The van der Waals surface area contributed by atoms with Crippen molar-refractivity contribution in [1.82, 2.24) is 19.3 Å². The molecule has 2 aromatic rings. The number of aryl methyl sites for hydroxylation is 1. The van der Waals surface area contributed by atoms with Crippen LogP contribution in [0.4, 0.5) is 5.82 Å². The van der Waals surface area contributed by atoms with Gasteiger partial charge in [-0.05, 0) is 19.8 Å². The Morgan fingerprint density at radius 1 is 1.44 bits per heavy atom. The summed E-state index contributed by atoms with van der Waals surface area (Å²) in [6, 6.07) is 0.568. The van der Waals surface area contributed by atoms with Crippen molar-refractivity contribution in [2.75, 3.05) is 5.73 Å². The Balaban J connectivity index is 2.09. The van der Waals surface area contributed by atoms with E-state index in [1.807, 2.05) is 31.2 Å². The topological polar surface area (TPSA) is 61.7 Å². The molecule has 84 valence electrons. The van der Waals surface area contributed by atoms with Crippen LogP contribution < -0.4 is 5.73 Å². The van der Waals surface area contributed by atoms with Crippen molar-refractivity contribution in [3.63, 3.8) is 0 Å². The summed E-state index contributed by atoms with van der Waals surface area (Å²) in [4.78, 5) is 4.41. The molecule has 0 saturated heterocycles. The molecule has 0 atom stereocenters. The highest BCUT2D eigenvalue weighted by Crippen LogP contribution is 2.39. The van der Waals surface area contributed by atoms with E-state index < -0.39 is 0 Å². The molecule has 2 N–H and O–H groups in total. The Labute approximate surface area is 93.9 Å². The zero-order valence-electron chi connectivity index (χ0n) is 9.51. The third kappa shape index (κ3) is 1.24. The molecule has 0 aliphatic heterocycles. The molecule has 2 aromatic heterocycles. The van der Waals surface area contributed by atoms with E-state index in [1.54, 1.807) is 0 Å². The molecule has 5 nitrogen and oxygen atoms in total. The SMILES string of the molecule is Cc1c(-c2ncn(C3CC3)c2N)cnn1C. The van der Waals surface area contributed by atoms with Gasteiger partial charge in [0.15, 0.2) is 0 Å². The second-order valence-electron chi connectivity index (χ2n) is 4.38. The van der Waals surface area contributed by atoms with E-state index in [0.29, 0.717) is 6.04 Å². The molecule has 0 aromatic carbocycles. The minimum absolute atomic E-state index is 0.568. The quantitative estimate of drug-likeness (QED) is 0.829. The number of imidazole rings is 1. The third-order valence-electron chi connectivity index (χ3n) is 3.26. The lowest BCUT2D eigenvalue weighted by Crippen LogP contribution is -2.00. The van der Waals surface area contributed by atoms with Crippen LogP contribution in [0.1, 0.15) is 24.6 Å². The van der Waals surface area contributed by atoms with Crippen LogP contribution in [0.3, 0.4) is 0 Å². The van der Waals surface area contributed by atoms with Gasteiger partial charge in [-0.3, -0.25) is 4.68 Å². The molecular formula is C11H15N5. The standard InChI is InChI=1S/C11H15N5/c1-7-9(5-14-15(7)2)10-11(12)16(6-13-10)8-3-4-8/h5-6,8H,3-4,12H2,1-2H3. The van der Waals surface area contributed by atoms with E-state index in [-0.39, 0.29) is 0 Å². The molecular weight excluding hydrogens is 202 g/mol. The van der Waals surface area contributed by atoms with Crippen LogP contribution in [0.25, 0.3) is 11.3 Å². The van der Waals surface area contributed by atoms with Gasteiger partial charge >= 0.3 is 0 Å². The maximum absolute atomic E-state index is 6.12. The van der Waals surface area contributed by atoms with Gasteiger partial charge in [0.25, 0.3) is 0 Å². The molecule has 0 radical (unpaired) electrons. The average molecular weight is 217 g/mol. The number of hydrogen-bond donors (Lipinski definition) is 1. The lowest BCUT2D eigenvalue weighted by atomic mass is 10.2. The molecule has 16 heavy (non-hydrogen) atoms. The van der Waals surface area contributed by atoms with Crippen molar-refractivity contribution >= 4 is 5.82 Å². The molecule has 1 aliphatic carbocycles. The minimum Gasteiger partial charge on any atom is -0.383 e. The molecule has 0 unspecified atom stereocenters. The van der Waals surface area contributed by atoms with Crippen molar-refractivity contribution in [2.45, 2.75) is 25.8 Å². The maximum atomic E-state index is 6.12. The molecule has 1 aliphatic rings. The van der Waals surface area contributed by atoms with Crippen LogP contribution in [0.15, 0.2) is 12.5 Å². The number of anilines is 1. The number of nitrogens with two attached hydrogens (primary N) is 1. The third-order valence-corrected chi connectivity index (χ3v) is 3.26. The van der Waals surface area contributed by atoms with Crippen LogP contribution in [0, 0.1) is 6.92 Å². The number of nitrogens with zero attached hydrogens (tertiary/aromatic N) is 4. The first-order valence-corrected chi connectivity index (χ1v) is 5.49. The van der Waals surface area contributed by atoms with Crippen molar-refractivity contribution in [1.29, 1.82) is 0 Å². The van der Waals surface area contributed by atoms with Gasteiger partial charge in [0.2, 0.25) is 0 Å². The number of aromatic nitrogens is 4. The van der Waals surface area contributed by atoms with Gasteiger partial charge in [-0.2, -0.15) is 5.10 Å². The molecule has 5 heteroatoms. The Morgan fingerprint density at radius 3 is 2.75 bits per heavy atom. The van der Waals surface area contributed by atoms with Crippen molar-refractivity contribution < 1.29 is 0 Å². The van der Waals surface area contributed by atoms with Gasteiger partial charge in [-0.25, -0.2) is 4.98 Å². The molecule has 0 bridgehead atoms. The predicted molar refractivity (Wildman–Crippen MR) is 61.8 cm³/mol. The van der Waals surface area contributed by atoms with E-state index >= 15 is 0 Å². The Morgan fingerprint density at radius 2 is 2.19 bits per heavy atom. The van der Waals surface area contributed by atoms with Gasteiger partial charge in [-0.1, -0.05) is 0 Å². The van der Waals surface area contributed by atoms with E-state index in [2.05, 4.69) is 14.6 Å². The molecule has 1 fully saturated rings. The van der Waals surface area contributed by atoms with E-state index in [1.165, 1.54) is 12.8 Å². The Kier molecular flexibility index (Phi) is 1.83. The van der Waals surface area contributed by atoms with Crippen LogP contribution in [-0.2, 0) is 7.05 Å². The summed E-state index contributed by atoms with van der Waals surface area (Å²) in [6.45, 7) is 2.03. The first-order valence-electron chi connectivity index (χ1n) is 5.49. The van der Waals surface area contributed by atoms with Gasteiger partial charge in [0.05, 0.1) is 12.5 Å². The van der Waals surface area contributed by atoms with Gasteiger partial charge in [0.1, 0.15) is 11.5 Å². The zero-order chi connectivity index (χ0) is 11.3. The second kappa shape index (κ2) is 3.10. The number of nitrogen functional groups attached to an aromatic ring is 1. The maximum Gasteiger partial charge on any atom is 0.131 e.